The first kappa shape index (κ1) is 6.35. The fraction of sp³-hybridized carbons (Fsp3) is 1.00. The Morgan fingerprint density at radius 3 is 2.38 bits per heavy atom. The van der Waals surface area contributed by atoms with E-state index < -0.39 is 7.14 Å². The molecule has 0 aromatic rings. The second-order valence-electron chi connectivity index (χ2n) is 3.10. The van der Waals surface area contributed by atoms with Crippen molar-refractivity contribution >= 4 is 7.14 Å². The summed E-state index contributed by atoms with van der Waals surface area (Å²) in [4.78, 5) is 0. The third-order valence-electron chi connectivity index (χ3n) is 1.79. The van der Waals surface area contributed by atoms with E-state index in [4.69, 9.17) is 0 Å². The van der Waals surface area contributed by atoms with Crippen LogP contribution in [0.15, 0.2) is 0 Å². The summed E-state index contributed by atoms with van der Waals surface area (Å²) in [6.07, 6.45) is 3.18. The second-order valence-corrected chi connectivity index (χ2v) is 6.50. The third-order valence-corrected chi connectivity index (χ3v) is 4.39. The molecular weight excluding hydrogens is 119 g/mol. The van der Waals surface area contributed by atoms with Crippen molar-refractivity contribution in [3.05, 3.63) is 0 Å². The van der Waals surface area contributed by atoms with Crippen LogP contribution < -0.4 is 0 Å². The molecule has 0 bridgehead atoms. The van der Waals surface area contributed by atoms with E-state index in [0.717, 1.165) is 18.2 Å². The molecule has 1 saturated heterocycles. The van der Waals surface area contributed by atoms with Crippen LogP contribution in [0.3, 0.4) is 0 Å². The monoisotopic (exact) mass is 132 g/mol. The summed E-state index contributed by atoms with van der Waals surface area (Å²) in [5.41, 5.74) is 0. The van der Waals surface area contributed by atoms with E-state index >= 15 is 0 Å². The molecule has 1 fully saturated rings. The Morgan fingerprint density at radius 1 is 1.62 bits per heavy atom. The summed E-state index contributed by atoms with van der Waals surface area (Å²) in [6, 6.07) is 0. The van der Waals surface area contributed by atoms with Gasteiger partial charge in [-0.25, -0.2) is 0 Å². The standard InChI is InChI=1S/C6H13OP/c1-6-3-4-8(2,7)5-6/h6H,3-5H2,1-2H3/t6-,8+/m0/s1. The van der Waals surface area contributed by atoms with E-state index in [9.17, 15) is 4.57 Å². The van der Waals surface area contributed by atoms with E-state index in [2.05, 4.69) is 6.92 Å². The predicted octanol–water partition coefficient (Wildman–Crippen LogP) is 2.02. The van der Waals surface area contributed by atoms with Crippen LogP contribution in [0.4, 0.5) is 0 Å². The molecule has 1 nitrogen and oxygen atoms in total. The quantitative estimate of drug-likeness (QED) is 0.461. The SMILES string of the molecule is C[C@H]1CC[P@@](C)(=O)C1. The lowest BCUT2D eigenvalue weighted by Gasteiger charge is -1.99. The van der Waals surface area contributed by atoms with Gasteiger partial charge in [-0.05, 0) is 19.0 Å². The van der Waals surface area contributed by atoms with Gasteiger partial charge in [-0.2, -0.15) is 0 Å². The van der Waals surface area contributed by atoms with Crippen LogP contribution >= 0.6 is 7.14 Å². The van der Waals surface area contributed by atoms with Crippen LogP contribution in [-0.4, -0.2) is 19.0 Å². The van der Waals surface area contributed by atoms with Crippen molar-refractivity contribution in [3.63, 3.8) is 0 Å². The van der Waals surface area contributed by atoms with Crippen LogP contribution in [-0.2, 0) is 4.57 Å². The molecule has 0 amide bonds. The minimum Gasteiger partial charge on any atom is -0.324 e. The Balaban J connectivity index is 2.57. The van der Waals surface area contributed by atoms with Gasteiger partial charge in [-0.1, -0.05) is 6.92 Å². The molecule has 0 radical (unpaired) electrons. The first-order valence-electron chi connectivity index (χ1n) is 3.16. The number of hydrogen-bond donors (Lipinski definition) is 0. The Hall–Kier alpha value is 0.230. The normalized spacial score (nSPS) is 47.5. The minimum atomic E-state index is -1.60. The summed E-state index contributed by atoms with van der Waals surface area (Å²) >= 11 is 0. The fourth-order valence-corrected chi connectivity index (χ4v) is 4.01. The molecule has 8 heavy (non-hydrogen) atoms. The van der Waals surface area contributed by atoms with Gasteiger partial charge in [0.1, 0.15) is 0 Å². The summed E-state index contributed by atoms with van der Waals surface area (Å²) in [5.74, 6) is 0.728. The van der Waals surface area contributed by atoms with Crippen molar-refractivity contribution in [1.29, 1.82) is 0 Å². The zero-order valence-electron chi connectivity index (χ0n) is 5.55. The lowest BCUT2D eigenvalue weighted by Crippen LogP contribution is -1.87. The van der Waals surface area contributed by atoms with Crippen LogP contribution in [0.2, 0.25) is 0 Å². The van der Waals surface area contributed by atoms with Crippen molar-refractivity contribution in [3.8, 4) is 0 Å². The minimum absolute atomic E-state index is 0.728. The highest BCUT2D eigenvalue weighted by Crippen LogP contribution is 2.50. The molecule has 2 heteroatoms. The third kappa shape index (κ3) is 1.35. The average Bonchev–Trinajstić information content (AvgIpc) is 1.82. The van der Waals surface area contributed by atoms with E-state index in [-0.39, 0.29) is 0 Å². The summed E-state index contributed by atoms with van der Waals surface area (Å²) in [6.45, 7) is 4.11. The van der Waals surface area contributed by atoms with Crippen LogP contribution in [0, 0.1) is 5.92 Å². The van der Waals surface area contributed by atoms with Gasteiger partial charge in [0.2, 0.25) is 0 Å². The van der Waals surface area contributed by atoms with Gasteiger partial charge in [0, 0.05) is 12.3 Å². The van der Waals surface area contributed by atoms with Crippen molar-refractivity contribution in [1.82, 2.24) is 0 Å². The fourth-order valence-electron chi connectivity index (χ4n) is 1.34. The van der Waals surface area contributed by atoms with Gasteiger partial charge in [0.15, 0.2) is 0 Å². The number of rotatable bonds is 0. The molecule has 1 aliphatic heterocycles. The largest absolute Gasteiger partial charge is 0.324 e. The molecule has 2 atom stereocenters. The maximum Gasteiger partial charge on any atom is 0.0851 e. The average molecular weight is 132 g/mol. The van der Waals surface area contributed by atoms with Crippen LogP contribution in [0.5, 0.6) is 0 Å². The van der Waals surface area contributed by atoms with Gasteiger partial charge in [0.25, 0.3) is 0 Å². The molecule has 0 aromatic heterocycles. The Bertz CT molecular complexity index is 130. The molecule has 0 saturated carbocycles. The molecule has 0 spiro atoms. The highest BCUT2D eigenvalue weighted by Gasteiger charge is 2.26. The highest BCUT2D eigenvalue weighted by molar-refractivity contribution is 7.63. The Morgan fingerprint density at radius 2 is 2.25 bits per heavy atom. The van der Waals surface area contributed by atoms with Crippen molar-refractivity contribution in [2.75, 3.05) is 19.0 Å². The predicted molar refractivity (Wildman–Crippen MR) is 37.0 cm³/mol. The van der Waals surface area contributed by atoms with Gasteiger partial charge in [0.05, 0.1) is 7.14 Å². The van der Waals surface area contributed by atoms with Crippen LogP contribution in [0.25, 0.3) is 0 Å². The zero-order valence-corrected chi connectivity index (χ0v) is 6.45. The molecule has 1 rings (SSSR count). The lowest BCUT2D eigenvalue weighted by atomic mass is 10.2. The smallest absolute Gasteiger partial charge is 0.0851 e. The molecule has 0 aliphatic carbocycles. The molecular formula is C6H13OP. The van der Waals surface area contributed by atoms with Crippen LogP contribution in [0.1, 0.15) is 13.3 Å². The first-order valence-corrected chi connectivity index (χ1v) is 5.68. The molecule has 0 N–H and O–H groups in total. The molecule has 1 aliphatic rings. The summed E-state index contributed by atoms with van der Waals surface area (Å²) in [7, 11) is -1.60. The van der Waals surface area contributed by atoms with Crippen molar-refractivity contribution in [2.24, 2.45) is 5.92 Å². The number of hydrogen-bond acceptors (Lipinski definition) is 1. The van der Waals surface area contributed by atoms with Crippen molar-refractivity contribution < 1.29 is 4.57 Å². The highest BCUT2D eigenvalue weighted by atomic mass is 31.2. The summed E-state index contributed by atoms with van der Waals surface area (Å²) in [5, 5.41) is 0. The second kappa shape index (κ2) is 1.88. The van der Waals surface area contributed by atoms with Gasteiger partial charge < -0.3 is 4.57 Å². The Kier molecular flexibility index (Phi) is 1.49. The maximum atomic E-state index is 11.2. The lowest BCUT2D eigenvalue weighted by molar-refractivity contribution is 0.581. The van der Waals surface area contributed by atoms with E-state index in [1.807, 2.05) is 6.66 Å². The zero-order chi connectivity index (χ0) is 6.20. The van der Waals surface area contributed by atoms with Gasteiger partial charge in [-0.3, -0.25) is 0 Å². The van der Waals surface area contributed by atoms with Gasteiger partial charge in [-0.15, -0.1) is 0 Å². The summed E-state index contributed by atoms with van der Waals surface area (Å²) < 4.78 is 11.2. The topological polar surface area (TPSA) is 17.1 Å². The van der Waals surface area contributed by atoms with Crippen molar-refractivity contribution in [2.45, 2.75) is 13.3 Å². The first-order chi connectivity index (χ1) is 3.60. The molecule has 0 unspecified atom stereocenters. The molecule has 48 valence electrons. The van der Waals surface area contributed by atoms with E-state index in [1.165, 1.54) is 6.42 Å². The van der Waals surface area contributed by atoms with E-state index in [1.54, 1.807) is 0 Å². The van der Waals surface area contributed by atoms with Gasteiger partial charge >= 0.3 is 0 Å². The Labute approximate surface area is 50.8 Å². The maximum absolute atomic E-state index is 11.2. The molecule has 1 heterocycles. The molecule has 0 aromatic carbocycles. The van der Waals surface area contributed by atoms with E-state index in [0.29, 0.717) is 0 Å².